The van der Waals surface area contributed by atoms with E-state index in [1.807, 2.05) is 94.5 Å². The van der Waals surface area contributed by atoms with Gasteiger partial charge in [-0.1, -0.05) is 95.2 Å². The lowest BCUT2D eigenvalue weighted by molar-refractivity contribution is -0.131. The molecule has 2 N–H and O–H groups in total. The molecule has 5 heteroatoms. The van der Waals surface area contributed by atoms with Gasteiger partial charge < -0.3 is 14.8 Å². The molecular weight excluding hydrogens is 438 g/mol. The third kappa shape index (κ3) is 16.2. The van der Waals surface area contributed by atoms with Gasteiger partial charge in [0.1, 0.15) is 0 Å². The molecule has 0 bridgehead atoms. The van der Waals surface area contributed by atoms with Gasteiger partial charge >= 0.3 is 5.97 Å². The van der Waals surface area contributed by atoms with Gasteiger partial charge in [0.05, 0.1) is 12.5 Å². The number of carbonyl (C=O) groups excluding carboxylic acids is 1. The number of carboxylic acid groups (broad SMARTS) is 1. The number of allylic oxidation sites excluding steroid dienone is 16. The van der Waals surface area contributed by atoms with Crippen molar-refractivity contribution in [3.63, 3.8) is 0 Å². The van der Waals surface area contributed by atoms with Gasteiger partial charge in [0.2, 0.25) is 5.91 Å². The van der Waals surface area contributed by atoms with E-state index in [1.165, 1.54) is 6.08 Å². The molecular formula is C30H35NO4. The summed E-state index contributed by atoms with van der Waals surface area (Å²) < 4.78 is 5.00. The van der Waals surface area contributed by atoms with Crippen LogP contribution in [0.2, 0.25) is 0 Å². The predicted molar refractivity (Wildman–Crippen MR) is 144 cm³/mol. The summed E-state index contributed by atoms with van der Waals surface area (Å²) >= 11 is 0. The Morgan fingerprint density at radius 3 is 1.80 bits per heavy atom. The van der Waals surface area contributed by atoms with Crippen LogP contribution in [0, 0.1) is 0 Å². The average Bonchev–Trinajstić information content (AvgIpc) is 3.33. The van der Waals surface area contributed by atoms with E-state index >= 15 is 0 Å². The fourth-order valence-electron chi connectivity index (χ4n) is 2.57. The van der Waals surface area contributed by atoms with Gasteiger partial charge in [-0.15, -0.1) is 0 Å². The van der Waals surface area contributed by atoms with E-state index in [0.717, 1.165) is 40.4 Å². The highest BCUT2D eigenvalue weighted by atomic mass is 16.4. The molecule has 0 unspecified atom stereocenters. The molecule has 0 saturated heterocycles. The number of furan rings is 1. The van der Waals surface area contributed by atoms with Crippen molar-refractivity contribution in [1.82, 2.24) is 5.32 Å². The summed E-state index contributed by atoms with van der Waals surface area (Å²) in [5.41, 5.74) is 5.06. The van der Waals surface area contributed by atoms with Crippen LogP contribution < -0.4 is 5.32 Å². The molecule has 0 fully saturated rings. The first kappa shape index (κ1) is 28.9. The second-order valence-electron chi connectivity index (χ2n) is 7.92. The molecule has 1 aromatic heterocycles. The first-order chi connectivity index (χ1) is 16.8. The van der Waals surface area contributed by atoms with E-state index in [1.54, 1.807) is 24.7 Å². The molecule has 1 rings (SSSR count). The zero-order valence-electron chi connectivity index (χ0n) is 20.9. The lowest BCUT2D eigenvalue weighted by atomic mass is 10.2. The van der Waals surface area contributed by atoms with Crippen LogP contribution in [0.5, 0.6) is 0 Å². The van der Waals surface area contributed by atoms with Crippen molar-refractivity contribution in [3.8, 4) is 0 Å². The second-order valence-corrected chi connectivity index (χ2v) is 7.92. The number of hydrogen-bond donors (Lipinski definition) is 2. The third-order valence-electron chi connectivity index (χ3n) is 4.55. The minimum atomic E-state index is -0.956. The van der Waals surface area contributed by atoms with Crippen LogP contribution in [-0.4, -0.2) is 23.5 Å². The Morgan fingerprint density at radius 2 is 1.29 bits per heavy atom. The maximum atomic E-state index is 11.9. The summed E-state index contributed by atoms with van der Waals surface area (Å²) in [4.78, 5) is 22.4. The lowest BCUT2D eigenvalue weighted by Crippen LogP contribution is -2.23. The van der Waals surface area contributed by atoms with E-state index < -0.39 is 5.97 Å². The molecule has 0 atom stereocenters. The molecule has 0 aliphatic rings. The monoisotopic (exact) mass is 473 g/mol. The maximum absolute atomic E-state index is 11.9. The fraction of sp³-hybridized carbons (Fsp3) is 0.200. The molecule has 5 nitrogen and oxygen atoms in total. The van der Waals surface area contributed by atoms with Crippen molar-refractivity contribution in [2.24, 2.45) is 0 Å². The zero-order valence-corrected chi connectivity index (χ0v) is 20.9. The Morgan fingerprint density at radius 1 is 0.771 bits per heavy atom. The molecule has 0 aromatic carbocycles. The summed E-state index contributed by atoms with van der Waals surface area (Å²) in [6.45, 7) is 8.37. The lowest BCUT2D eigenvalue weighted by Gasteiger charge is -1.99. The van der Waals surface area contributed by atoms with Gasteiger partial charge in [-0.05, 0) is 45.7 Å². The summed E-state index contributed by atoms with van der Waals surface area (Å²) in [5.74, 6) is -1.08. The highest BCUT2D eigenvalue weighted by Crippen LogP contribution is 2.03. The number of nitrogens with one attached hydrogen (secondary N) is 1. The number of amides is 1. The second kappa shape index (κ2) is 17.4. The molecule has 184 valence electrons. The normalized spacial score (nSPS) is 14.4. The standard InChI is InChI=1S/C30H35NO4/c1-24(9-5-6-10-25(2)12-8-14-27(4)16-18-30(33)34)11-7-13-26(3)15-17-29(32)31-21-19-28-20-22-35-23-28/h5-18,20,22-23H,19,21H2,1-4H3,(H,31,32)(H,33,34)/b6-5+,11-7+,12-8+,17-15+,18-16+,24-9+,25-10+,26-13+,27-14-. The first-order valence-electron chi connectivity index (χ1n) is 11.4. The number of rotatable bonds is 13. The fourth-order valence-corrected chi connectivity index (χ4v) is 2.57. The minimum absolute atomic E-state index is 0.120. The zero-order chi connectivity index (χ0) is 25.9. The molecule has 0 aliphatic carbocycles. The Kier molecular flexibility index (Phi) is 14.3. The van der Waals surface area contributed by atoms with Crippen molar-refractivity contribution < 1.29 is 19.1 Å². The number of carboxylic acids is 1. The topological polar surface area (TPSA) is 79.5 Å². The van der Waals surface area contributed by atoms with Gasteiger partial charge in [0.15, 0.2) is 0 Å². The average molecular weight is 474 g/mol. The Hall–Kier alpha value is -4.12. The molecule has 0 saturated carbocycles. The Labute approximate surface area is 208 Å². The Balaban J connectivity index is 2.44. The van der Waals surface area contributed by atoms with Crippen LogP contribution in [0.3, 0.4) is 0 Å². The van der Waals surface area contributed by atoms with Gasteiger partial charge in [0, 0.05) is 18.7 Å². The van der Waals surface area contributed by atoms with Gasteiger partial charge in [-0.2, -0.15) is 0 Å². The summed E-state index contributed by atoms with van der Waals surface area (Å²) in [6.07, 6.45) is 29.6. The van der Waals surface area contributed by atoms with E-state index in [-0.39, 0.29) is 5.91 Å². The highest BCUT2D eigenvalue weighted by molar-refractivity contribution is 5.87. The van der Waals surface area contributed by atoms with E-state index in [9.17, 15) is 9.59 Å². The molecule has 1 amide bonds. The predicted octanol–water partition coefficient (Wildman–Crippen LogP) is 6.59. The minimum Gasteiger partial charge on any atom is -0.478 e. The Bertz CT molecular complexity index is 1090. The van der Waals surface area contributed by atoms with Crippen molar-refractivity contribution >= 4 is 11.9 Å². The van der Waals surface area contributed by atoms with Gasteiger partial charge in [-0.3, -0.25) is 4.79 Å². The van der Waals surface area contributed by atoms with Crippen LogP contribution >= 0.6 is 0 Å². The third-order valence-corrected chi connectivity index (χ3v) is 4.55. The molecule has 0 spiro atoms. The van der Waals surface area contributed by atoms with Crippen LogP contribution in [0.15, 0.2) is 130 Å². The van der Waals surface area contributed by atoms with Crippen LogP contribution in [0.1, 0.15) is 33.3 Å². The summed E-state index contributed by atoms with van der Waals surface area (Å²) in [6, 6.07) is 1.89. The number of aliphatic carboxylic acids is 1. The first-order valence-corrected chi connectivity index (χ1v) is 11.4. The van der Waals surface area contributed by atoms with Crippen LogP contribution in [-0.2, 0) is 16.0 Å². The van der Waals surface area contributed by atoms with Crippen molar-refractivity contribution in [2.75, 3.05) is 6.54 Å². The summed E-state index contributed by atoms with van der Waals surface area (Å²) in [5, 5.41) is 11.5. The number of carbonyl (C=O) groups is 2. The maximum Gasteiger partial charge on any atom is 0.328 e. The molecule has 35 heavy (non-hydrogen) atoms. The largest absolute Gasteiger partial charge is 0.478 e. The van der Waals surface area contributed by atoms with Crippen molar-refractivity contribution in [3.05, 3.63) is 132 Å². The quantitative estimate of drug-likeness (QED) is 0.250. The van der Waals surface area contributed by atoms with Gasteiger partial charge in [0.25, 0.3) is 0 Å². The van der Waals surface area contributed by atoms with E-state index in [4.69, 9.17) is 9.52 Å². The molecule has 0 radical (unpaired) electrons. The van der Waals surface area contributed by atoms with E-state index in [0.29, 0.717) is 6.54 Å². The van der Waals surface area contributed by atoms with Crippen molar-refractivity contribution in [2.45, 2.75) is 34.1 Å². The van der Waals surface area contributed by atoms with E-state index in [2.05, 4.69) is 5.32 Å². The van der Waals surface area contributed by atoms with Crippen molar-refractivity contribution in [1.29, 1.82) is 0 Å². The number of hydrogen-bond acceptors (Lipinski definition) is 3. The molecule has 0 aliphatic heterocycles. The highest BCUT2D eigenvalue weighted by Gasteiger charge is 1.97. The van der Waals surface area contributed by atoms with Gasteiger partial charge in [-0.25, -0.2) is 4.79 Å². The van der Waals surface area contributed by atoms with Crippen LogP contribution in [0.25, 0.3) is 0 Å². The SMILES string of the molecule is CC(=C/C=C/C(C)=C/C=C/C=C(C)/C=C/C=C(C)/C=C/C(=O)NCCc1ccoc1)/C=C/C(=O)O. The molecule has 1 heterocycles. The smallest absolute Gasteiger partial charge is 0.328 e. The van der Waals surface area contributed by atoms with Crippen LogP contribution in [0.4, 0.5) is 0 Å². The molecule has 1 aromatic rings. The summed E-state index contributed by atoms with van der Waals surface area (Å²) in [7, 11) is 0.